The number of rotatable bonds is 4. The minimum Gasteiger partial charge on any atom is -0.493 e. The van der Waals surface area contributed by atoms with Gasteiger partial charge in [-0.2, -0.15) is 0 Å². The first-order valence-electron chi connectivity index (χ1n) is 8.70. The van der Waals surface area contributed by atoms with Gasteiger partial charge in [0.1, 0.15) is 5.69 Å². The highest BCUT2D eigenvalue weighted by atomic mass is 32.1. The van der Waals surface area contributed by atoms with Crippen molar-refractivity contribution in [2.24, 2.45) is 0 Å². The summed E-state index contributed by atoms with van der Waals surface area (Å²) in [5, 5.41) is 8.66. The second-order valence-corrected chi connectivity index (χ2v) is 7.03. The van der Waals surface area contributed by atoms with Crippen molar-refractivity contribution in [1.82, 2.24) is 4.98 Å². The highest BCUT2D eigenvalue weighted by Crippen LogP contribution is 2.35. The highest BCUT2D eigenvalue weighted by Gasteiger charge is 2.16. The Labute approximate surface area is 169 Å². The SMILES string of the molecule is COc1cccc2cc(-c3csc(NC(=O)Nc4ccc5c(c4)OCO5)n3)oc12. The van der Waals surface area contributed by atoms with E-state index in [9.17, 15) is 4.79 Å². The van der Waals surface area contributed by atoms with Crippen molar-refractivity contribution < 1.29 is 23.4 Å². The zero-order chi connectivity index (χ0) is 19.8. The summed E-state index contributed by atoms with van der Waals surface area (Å²) >= 11 is 1.30. The molecule has 0 bridgehead atoms. The number of amides is 2. The van der Waals surface area contributed by atoms with Gasteiger partial charge in [-0.15, -0.1) is 11.3 Å². The maximum absolute atomic E-state index is 12.3. The number of fused-ring (bicyclic) bond motifs is 2. The van der Waals surface area contributed by atoms with Crippen molar-refractivity contribution in [3.63, 3.8) is 0 Å². The largest absolute Gasteiger partial charge is 0.493 e. The fourth-order valence-corrected chi connectivity index (χ4v) is 3.70. The van der Waals surface area contributed by atoms with Crippen molar-refractivity contribution in [2.75, 3.05) is 24.5 Å². The van der Waals surface area contributed by atoms with E-state index in [0.717, 1.165) is 5.39 Å². The van der Waals surface area contributed by atoms with E-state index in [-0.39, 0.29) is 6.79 Å². The van der Waals surface area contributed by atoms with Gasteiger partial charge in [0.05, 0.1) is 7.11 Å². The van der Waals surface area contributed by atoms with E-state index in [0.29, 0.717) is 45.1 Å². The summed E-state index contributed by atoms with van der Waals surface area (Å²) in [5.74, 6) is 2.51. The zero-order valence-corrected chi connectivity index (χ0v) is 16.0. The molecule has 1 aliphatic rings. The summed E-state index contributed by atoms with van der Waals surface area (Å²) in [6, 6.07) is 12.3. The molecule has 0 saturated carbocycles. The minimum absolute atomic E-state index is 0.181. The van der Waals surface area contributed by atoms with Crippen LogP contribution in [0, 0.1) is 0 Å². The Morgan fingerprint density at radius 3 is 2.93 bits per heavy atom. The third-order valence-corrected chi connectivity index (χ3v) is 5.09. The number of nitrogens with one attached hydrogen (secondary N) is 2. The molecule has 0 aliphatic carbocycles. The van der Waals surface area contributed by atoms with E-state index in [2.05, 4.69) is 15.6 Å². The number of para-hydroxylation sites is 1. The standard InChI is InChI=1S/C20H15N3O5S/c1-25-15-4-2-3-11-7-16(28-18(11)15)13-9-29-20(22-13)23-19(24)21-12-5-6-14-17(8-12)27-10-26-14/h2-9H,10H2,1H3,(H2,21,22,23,24). The molecular formula is C20H15N3O5S. The first kappa shape index (κ1) is 17.4. The summed E-state index contributed by atoms with van der Waals surface area (Å²) in [7, 11) is 1.60. The molecule has 1 aliphatic heterocycles. The van der Waals surface area contributed by atoms with E-state index in [1.54, 1.807) is 25.3 Å². The van der Waals surface area contributed by atoms with Crippen LogP contribution in [0.3, 0.4) is 0 Å². The van der Waals surface area contributed by atoms with Crippen LogP contribution in [0.1, 0.15) is 0 Å². The van der Waals surface area contributed by atoms with Gasteiger partial charge in [-0.3, -0.25) is 5.32 Å². The molecule has 8 nitrogen and oxygen atoms in total. The Morgan fingerprint density at radius 2 is 2.03 bits per heavy atom. The van der Waals surface area contributed by atoms with Gasteiger partial charge in [0, 0.05) is 22.5 Å². The van der Waals surface area contributed by atoms with Gasteiger partial charge in [0.25, 0.3) is 0 Å². The number of nitrogens with zero attached hydrogens (tertiary/aromatic N) is 1. The number of hydrogen-bond donors (Lipinski definition) is 2. The lowest BCUT2D eigenvalue weighted by Gasteiger charge is -2.06. The predicted molar refractivity (Wildman–Crippen MR) is 109 cm³/mol. The predicted octanol–water partition coefficient (Wildman–Crippen LogP) is 4.94. The van der Waals surface area contributed by atoms with Gasteiger partial charge >= 0.3 is 6.03 Å². The second-order valence-electron chi connectivity index (χ2n) is 6.17. The Bertz CT molecular complexity index is 1220. The van der Waals surface area contributed by atoms with Crippen LogP contribution < -0.4 is 24.8 Å². The Morgan fingerprint density at radius 1 is 1.14 bits per heavy atom. The van der Waals surface area contributed by atoms with Crippen LogP contribution in [0.15, 0.2) is 52.3 Å². The van der Waals surface area contributed by atoms with Crippen molar-refractivity contribution in [1.29, 1.82) is 0 Å². The van der Waals surface area contributed by atoms with Gasteiger partial charge in [-0.05, 0) is 24.3 Å². The van der Waals surface area contributed by atoms with E-state index in [4.69, 9.17) is 18.6 Å². The number of benzene rings is 2. The lowest BCUT2D eigenvalue weighted by atomic mass is 10.2. The topological polar surface area (TPSA) is 94.9 Å². The van der Waals surface area contributed by atoms with E-state index in [1.807, 2.05) is 29.6 Å². The summed E-state index contributed by atoms with van der Waals surface area (Å²) < 4.78 is 21.8. The molecule has 5 rings (SSSR count). The maximum Gasteiger partial charge on any atom is 0.325 e. The Hall–Kier alpha value is -3.72. The number of carbonyl (C=O) groups excluding carboxylic acids is 1. The highest BCUT2D eigenvalue weighted by molar-refractivity contribution is 7.14. The number of ether oxygens (including phenoxy) is 3. The average Bonchev–Trinajstić information content (AvgIpc) is 3.45. The molecule has 2 aromatic heterocycles. The molecule has 0 unspecified atom stereocenters. The first-order chi connectivity index (χ1) is 14.2. The molecule has 0 atom stereocenters. The summed E-state index contributed by atoms with van der Waals surface area (Å²) in [6.45, 7) is 0.181. The van der Waals surface area contributed by atoms with Crippen LogP contribution >= 0.6 is 11.3 Å². The van der Waals surface area contributed by atoms with Crippen LogP contribution in [0.25, 0.3) is 22.4 Å². The smallest absolute Gasteiger partial charge is 0.325 e. The van der Waals surface area contributed by atoms with Crippen molar-refractivity contribution in [2.45, 2.75) is 0 Å². The maximum atomic E-state index is 12.3. The number of aromatic nitrogens is 1. The van der Waals surface area contributed by atoms with Crippen LogP contribution in [-0.2, 0) is 0 Å². The third-order valence-electron chi connectivity index (χ3n) is 4.34. The number of furan rings is 1. The van der Waals surface area contributed by atoms with Crippen molar-refractivity contribution in [3.8, 4) is 28.7 Å². The average molecular weight is 409 g/mol. The molecular weight excluding hydrogens is 394 g/mol. The molecule has 9 heteroatoms. The van der Waals surface area contributed by atoms with Gasteiger partial charge in [-0.1, -0.05) is 12.1 Å². The molecule has 3 heterocycles. The van der Waals surface area contributed by atoms with Crippen LogP contribution in [0.2, 0.25) is 0 Å². The fraction of sp³-hybridized carbons (Fsp3) is 0.100. The molecule has 146 valence electrons. The van der Waals surface area contributed by atoms with Gasteiger partial charge < -0.3 is 23.9 Å². The van der Waals surface area contributed by atoms with E-state index in [1.165, 1.54) is 11.3 Å². The minimum atomic E-state index is -0.406. The van der Waals surface area contributed by atoms with E-state index >= 15 is 0 Å². The van der Waals surface area contributed by atoms with Crippen molar-refractivity contribution >= 4 is 39.2 Å². The first-order valence-corrected chi connectivity index (χ1v) is 9.58. The Kier molecular flexibility index (Phi) is 4.21. The van der Waals surface area contributed by atoms with Crippen molar-refractivity contribution in [3.05, 3.63) is 47.8 Å². The quantitative estimate of drug-likeness (QED) is 0.496. The molecule has 2 amide bonds. The molecule has 4 aromatic rings. The number of urea groups is 1. The monoisotopic (exact) mass is 409 g/mol. The molecule has 0 radical (unpaired) electrons. The number of hydrogen-bond acceptors (Lipinski definition) is 7. The molecule has 0 saturated heterocycles. The van der Waals surface area contributed by atoms with Gasteiger partial charge in [-0.25, -0.2) is 9.78 Å². The molecule has 0 spiro atoms. The fourth-order valence-electron chi connectivity index (χ4n) is 3.00. The summed E-state index contributed by atoms with van der Waals surface area (Å²) in [5.41, 5.74) is 1.88. The lowest BCUT2D eigenvalue weighted by molar-refractivity contribution is 0.174. The zero-order valence-electron chi connectivity index (χ0n) is 15.2. The van der Waals surface area contributed by atoms with Crippen LogP contribution in [0.4, 0.5) is 15.6 Å². The number of thiazole rings is 1. The molecule has 2 N–H and O–H groups in total. The molecule has 29 heavy (non-hydrogen) atoms. The number of carbonyl (C=O) groups is 1. The van der Waals surface area contributed by atoms with E-state index < -0.39 is 6.03 Å². The number of methoxy groups -OCH3 is 1. The van der Waals surface area contributed by atoms with Gasteiger partial charge in [0.15, 0.2) is 33.7 Å². The normalized spacial score (nSPS) is 12.2. The molecule has 2 aromatic carbocycles. The summed E-state index contributed by atoms with van der Waals surface area (Å²) in [4.78, 5) is 16.7. The number of anilines is 2. The second kappa shape index (κ2) is 7.02. The van der Waals surface area contributed by atoms with Gasteiger partial charge in [0.2, 0.25) is 6.79 Å². The third kappa shape index (κ3) is 3.32. The van der Waals surface area contributed by atoms with Crippen LogP contribution in [0.5, 0.6) is 17.2 Å². The Balaban J connectivity index is 1.31. The summed E-state index contributed by atoms with van der Waals surface area (Å²) in [6.07, 6.45) is 0. The van der Waals surface area contributed by atoms with Crippen LogP contribution in [-0.4, -0.2) is 24.9 Å². The lowest BCUT2D eigenvalue weighted by Crippen LogP contribution is -2.19. The molecule has 0 fully saturated rings.